The van der Waals surface area contributed by atoms with Crippen molar-refractivity contribution in [2.24, 2.45) is 0 Å². The number of rotatable bonds is 2. The SMILES string of the molecule is C#CCN(C)C(=O)c1ccnc2ccccc12. The summed E-state index contributed by atoms with van der Waals surface area (Å²) >= 11 is 0. The van der Waals surface area contributed by atoms with Gasteiger partial charge < -0.3 is 4.90 Å². The number of hydrogen-bond donors (Lipinski definition) is 0. The zero-order valence-corrected chi connectivity index (χ0v) is 9.55. The molecule has 1 heterocycles. The monoisotopic (exact) mass is 224 g/mol. The predicted molar refractivity (Wildman–Crippen MR) is 67.5 cm³/mol. The van der Waals surface area contributed by atoms with E-state index in [0.717, 1.165) is 10.9 Å². The summed E-state index contributed by atoms with van der Waals surface area (Å²) in [5, 5.41) is 0.851. The van der Waals surface area contributed by atoms with Gasteiger partial charge in [0.15, 0.2) is 0 Å². The van der Waals surface area contributed by atoms with Gasteiger partial charge in [0, 0.05) is 18.6 Å². The first kappa shape index (κ1) is 11.2. The summed E-state index contributed by atoms with van der Waals surface area (Å²) in [6.45, 7) is 0.301. The summed E-state index contributed by atoms with van der Waals surface area (Å²) in [6.07, 6.45) is 6.84. The fraction of sp³-hybridized carbons (Fsp3) is 0.143. The van der Waals surface area contributed by atoms with E-state index in [0.29, 0.717) is 12.1 Å². The quantitative estimate of drug-likeness (QED) is 0.730. The second kappa shape index (κ2) is 4.67. The number of amides is 1. The van der Waals surface area contributed by atoms with Gasteiger partial charge >= 0.3 is 0 Å². The highest BCUT2D eigenvalue weighted by molar-refractivity contribution is 6.05. The number of carbonyl (C=O) groups excluding carboxylic acids is 1. The summed E-state index contributed by atoms with van der Waals surface area (Å²) in [7, 11) is 1.69. The zero-order chi connectivity index (χ0) is 12.3. The molecule has 1 amide bonds. The average Bonchev–Trinajstić information content (AvgIpc) is 2.37. The molecule has 0 atom stereocenters. The van der Waals surface area contributed by atoms with E-state index >= 15 is 0 Å². The molecule has 0 spiro atoms. The third-order valence-corrected chi connectivity index (χ3v) is 2.55. The van der Waals surface area contributed by atoms with Gasteiger partial charge in [0.05, 0.1) is 17.6 Å². The molecule has 0 N–H and O–H groups in total. The molecule has 0 aliphatic heterocycles. The van der Waals surface area contributed by atoms with Crippen LogP contribution in [-0.2, 0) is 0 Å². The summed E-state index contributed by atoms with van der Waals surface area (Å²) < 4.78 is 0. The van der Waals surface area contributed by atoms with Gasteiger partial charge in [-0.1, -0.05) is 24.1 Å². The van der Waals surface area contributed by atoms with Crippen LogP contribution in [0.1, 0.15) is 10.4 Å². The summed E-state index contributed by atoms with van der Waals surface area (Å²) in [4.78, 5) is 17.9. The largest absolute Gasteiger partial charge is 0.331 e. The van der Waals surface area contributed by atoms with Gasteiger partial charge in [0.2, 0.25) is 0 Å². The van der Waals surface area contributed by atoms with Crippen LogP contribution in [-0.4, -0.2) is 29.4 Å². The lowest BCUT2D eigenvalue weighted by molar-refractivity contribution is 0.0814. The smallest absolute Gasteiger partial charge is 0.255 e. The molecule has 0 fully saturated rings. The molecular formula is C14H12N2O. The molecule has 84 valence electrons. The van der Waals surface area contributed by atoms with E-state index < -0.39 is 0 Å². The molecule has 0 aliphatic carbocycles. The highest BCUT2D eigenvalue weighted by Crippen LogP contribution is 2.17. The second-order valence-corrected chi connectivity index (χ2v) is 3.74. The zero-order valence-electron chi connectivity index (χ0n) is 9.55. The molecule has 1 aromatic heterocycles. The Morgan fingerprint density at radius 2 is 2.18 bits per heavy atom. The fourth-order valence-electron chi connectivity index (χ4n) is 1.70. The lowest BCUT2D eigenvalue weighted by Gasteiger charge is -2.14. The minimum Gasteiger partial charge on any atom is -0.331 e. The van der Waals surface area contributed by atoms with Crippen LogP contribution < -0.4 is 0 Å². The molecule has 2 rings (SSSR count). The van der Waals surface area contributed by atoms with E-state index in [1.807, 2.05) is 24.3 Å². The number of terminal acetylenes is 1. The van der Waals surface area contributed by atoms with E-state index in [1.165, 1.54) is 4.90 Å². The molecule has 0 unspecified atom stereocenters. The third kappa shape index (κ3) is 2.11. The lowest BCUT2D eigenvalue weighted by Crippen LogP contribution is -2.27. The van der Waals surface area contributed by atoms with E-state index in [4.69, 9.17) is 6.42 Å². The minimum atomic E-state index is -0.0819. The van der Waals surface area contributed by atoms with E-state index in [9.17, 15) is 4.79 Å². The van der Waals surface area contributed by atoms with Crippen LogP contribution in [0.3, 0.4) is 0 Å². The first-order chi connectivity index (χ1) is 8.24. The predicted octanol–water partition coefficient (Wildman–Crippen LogP) is 1.94. The number of aromatic nitrogens is 1. The molecule has 0 saturated heterocycles. The van der Waals surface area contributed by atoms with Crippen LogP contribution in [0.15, 0.2) is 36.5 Å². The first-order valence-electron chi connectivity index (χ1n) is 5.26. The van der Waals surface area contributed by atoms with Gasteiger partial charge in [-0.25, -0.2) is 0 Å². The van der Waals surface area contributed by atoms with Crippen molar-refractivity contribution in [2.75, 3.05) is 13.6 Å². The van der Waals surface area contributed by atoms with Crippen molar-refractivity contribution >= 4 is 16.8 Å². The fourth-order valence-corrected chi connectivity index (χ4v) is 1.70. The highest BCUT2D eigenvalue weighted by atomic mass is 16.2. The maximum Gasteiger partial charge on any atom is 0.255 e. The van der Waals surface area contributed by atoms with Crippen LogP contribution >= 0.6 is 0 Å². The van der Waals surface area contributed by atoms with Crippen LogP contribution in [0.2, 0.25) is 0 Å². The molecule has 0 bridgehead atoms. The Bertz CT molecular complexity index is 593. The Morgan fingerprint density at radius 1 is 1.41 bits per heavy atom. The number of nitrogens with zero attached hydrogens (tertiary/aromatic N) is 2. The molecule has 2 aromatic rings. The Morgan fingerprint density at radius 3 is 2.94 bits per heavy atom. The summed E-state index contributed by atoms with van der Waals surface area (Å²) in [6, 6.07) is 9.28. The molecule has 1 aromatic carbocycles. The number of hydrogen-bond acceptors (Lipinski definition) is 2. The number of pyridine rings is 1. The van der Waals surface area contributed by atoms with Crippen LogP contribution in [0.25, 0.3) is 10.9 Å². The van der Waals surface area contributed by atoms with Crippen molar-refractivity contribution in [1.29, 1.82) is 0 Å². The molecule has 0 saturated carbocycles. The van der Waals surface area contributed by atoms with Gasteiger partial charge in [-0.05, 0) is 12.1 Å². The first-order valence-corrected chi connectivity index (χ1v) is 5.26. The van der Waals surface area contributed by atoms with E-state index in [1.54, 1.807) is 19.3 Å². The number of fused-ring (bicyclic) bond motifs is 1. The third-order valence-electron chi connectivity index (χ3n) is 2.55. The van der Waals surface area contributed by atoms with E-state index in [-0.39, 0.29) is 5.91 Å². The molecule has 0 aliphatic rings. The Hall–Kier alpha value is -2.34. The van der Waals surface area contributed by atoms with Crippen molar-refractivity contribution in [3.05, 3.63) is 42.1 Å². The van der Waals surface area contributed by atoms with Crippen molar-refractivity contribution in [2.45, 2.75) is 0 Å². The van der Waals surface area contributed by atoms with E-state index in [2.05, 4.69) is 10.9 Å². The van der Waals surface area contributed by atoms with Crippen LogP contribution in [0.5, 0.6) is 0 Å². The normalized spacial score (nSPS) is 9.88. The second-order valence-electron chi connectivity index (χ2n) is 3.74. The number of para-hydroxylation sites is 1. The molecule has 3 heteroatoms. The Kier molecular flexibility index (Phi) is 3.06. The summed E-state index contributed by atoms with van der Waals surface area (Å²) in [5.41, 5.74) is 1.45. The van der Waals surface area contributed by atoms with Crippen molar-refractivity contribution < 1.29 is 4.79 Å². The standard InChI is InChI=1S/C14H12N2O/c1-3-10-16(2)14(17)12-8-9-15-13-7-5-4-6-11(12)13/h1,4-9H,10H2,2H3. The Labute approximate surface area is 100 Å². The van der Waals surface area contributed by atoms with Crippen molar-refractivity contribution in [3.8, 4) is 12.3 Å². The minimum absolute atomic E-state index is 0.0819. The van der Waals surface area contributed by atoms with Crippen molar-refractivity contribution in [3.63, 3.8) is 0 Å². The van der Waals surface area contributed by atoms with Gasteiger partial charge in [-0.2, -0.15) is 0 Å². The van der Waals surface area contributed by atoms with Crippen LogP contribution in [0.4, 0.5) is 0 Å². The topological polar surface area (TPSA) is 33.2 Å². The average molecular weight is 224 g/mol. The maximum atomic E-state index is 12.2. The molecule has 0 radical (unpaired) electrons. The van der Waals surface area contributed by atoms with Crippen molar-refractivity contribution in [1.82, 2.24) is 9.88 Å². The Balaban J connectivity index is 2.49. The maximum absolute atomic E-state index is 12.2. The summed E-state index contributed by atoms with van der Waals surface area (Å²) in [5.74, 6) is 2.37. The van der Waals surface area contributed by atoms with Crippen LogP contribution in [0, 0.1) is 12.3 Å². The van der Waals surface area contributed by atoms with Gasteiger partial charge in [0.1, 0.15) is 0 Å². The van der Waals surface area contributed by atoms with Gasteiger partial charge in [-0.3, -0.25) is 9.78 Å². The lowest BCUT2D eigenvalue weighted by atomic mass is 10.1. The van der Waals surface area contributed by atoms with Gasteiger partial charge in [-0.15, -0.1) is 6.42 Å². The number of carbonyl (C=O) groups is 1. The van der Waals surface area contributed by atoms with Gasteiger partial charge in [0.25, 0.3) is 5.91 Å². The highest BCUT2D eigenvalue weighted by Gasteiger charge is 2.13. The number of benzene rings is 1. The molecular weight excluding hydrogens is 212 g/mol. The molecule has 3 nitrogen and oxygen atoms in total. The molecule has 17 heavy (non-hydrogen) atoms.